The van der Waals surface area contributed by atoms with Gasteiger partial charge in [0.15, 0.2) is 0 Å². The summed E-state index contributed by atoms with van der Waals surface area (Å²) in [5, 5.41) is 0.143. The zero-order chi connectivity index (χ0) is 10.4. The molecule has 0 aliphatic heterocycles. The van der Waals surface area contributed by atoms with Gasteiger partial charge >= 0.3 is 6.09 Å². The van der Waals surface area contributed by atoms with Gasteiger partial charge in [0.1, 0.15) is 5.17 Å². The second-order valence-electron chi connectivity index (χ2n) is 2.47. The average molecular weight is 212 g/mol. The van der Waals surface area contributed by atoms with E-state index < -0.39 is 6.09 Å². The Morgan fingerprint density at radius 2 is 2.07 bits per heavy atom. The lowest BCUT2D eigenvalue weighted by Gasteiger charge is -1.98. The monoisotopic (exact) mass is 211 g/mol. The number of halogens is 1. The van der Waals surface area contributed by atoms with Crippen LogP contribution < -0.4 is 0 Å². The molecule has 0 atom stereocenters. The lowest BCUT2D eigenvalue weighted by atomic mass is 10.2. The van der Waals surface area contributed by atoms with Crippen molar-refractivity contribution in [3.05, 3.63) is 35.9 Å². The average Bonchev–Trinajstić information content (AvgIpc) is 2.19. The first-order chi connectivity index (χ1) is 6.74. The highest BCUT2D eigenvalue weighted by Crippen LogP contribution is 2.05. The second kappa shape index (κ2) is 5.40. The summed E-state index contributed by atoms with van der Waals surface area (Å²) in [7, 11) is 0. The Hall–Kier alpha value is -1.35. The zero-order valence-corrected chi connectivity index (χ0v) is 8.49. The molecular formula is C10H10ClNO2. The maximum atomic E-state index is 10.9. The van der Waals surface area contributed by atoms with Gasteiger partial charge in [-0.2, -0.15) is 4.99 Å². The number of ether oxygens (including phenoxy) is 1. The van der Waals surface area contributed by atoms with Crippen LogP contribution in [0.4, 0.5) is 4.79 Å². The van der Waals surface area contributed by atoms with Gasteiger partial charge in [-0.05, 0) is 6.92 Å². The highest BCUT2D eigenvalue weighted by atomic mass is 35.5. The molecule has 0 unspecified atom stereocenters. The topological polar surface area (TPSA) is 38.7 Å². The van der Waals surface area contributed by atoms with E-state index in [0.717, 1.165) is 0 Å². The first-order valence-corrected chi connectivity index (χ1v) is 4.58. The minimum Gasteiger partial charge on any atom is -0.448 e. The fraction of sp³-hybridized carbons (Fsp3) is 0.200. The van der Waals surface area contributed by atoms with Crippen LogP contribution >= 0.6 is 11.6 Å². The normalized spacial score (nSPS) is 11.1. The molecule has 3 nitrogen and oxygen atoms in total. The zero-order valence-electron chi connectivity index (χ0n) is 7.74. The van der Waals surface area contributed by atoms with Crippen LogP contribution in [-0.4, -0.2) is 17.9 Å². The number of amides is 1. The molecule has 0 aromatic heterocycles. The quantitative estimate of drug-likeness (QED) is 0.706. The van der Waals surface area contributed by atoms with E-state index in [-0.39, 0.29) is 5.17 Å². The molecule has 74 valence electrons. The van der Waals surface area contributed by atoms with Crippen LogP contribution in [0.5, 0.6) is 0 Å². The van der Waals surface area contributed by atoms with Gasteiger partial charge in [-0.15, -0.1) is 0 Å². The maximum absolute atomic E-state index is 10.9. The maximum Gasteiger partial charge on any atom is 0.435 e. The highest BCUT2D eigenvalue weighted by molar-refractivity contribution is 6.70. The molecule has 0 radical (unpaired) electrons. The van der Waals surface area contributed by atoms with Gasteiger partial charge in [0, 0.05) is 5.56 Å². The predicted octanol–water partition coefficient (Wildman–Crippen LogP) is 2.83. The van der Waals surface area contributed by atoms with E-state index in [2.05, 4.69) is 9.73 Å². The fourth-order valence-corrected chi connectivity index (χ4v) is 1.07. The lowest BCUT2D eigenvalue weighted by Crippen LogP contribution is -2.01. The number of carbonyl (C=O) groups is 1. The van der Waals surface area contributed by atoms with E-state index >= 15 is 0 Å². The summed E-state index contributed by atoms with van der Waals surface area (Å²) in [6.07, 6.45) is -0.665. The molecule has 1 aromatic carbocycles. The van der Waals surface area contributed by atoms with Crippen molar-refractivity contribution in [1.29, 1.82) is 0 Å². The van der Waals surface area contributed by atoms with Gasteiger partial charge in [0.05, 0.1) is 6.61 Å². The molecule has 14 heavy (non-hydrogen) atoms. The van der Waals surface area contributed by atoms with E-state index in [1.165, 1.54) is 0 Å². The molecular weight excluding hydrogens is 202 g/mol. The Morgan fingerprint density at radius 1 is 1.43 bits per heavy atom. The Kier molecular flexibility index (Phi) is 4.13. The number of benzene rings is 1. The summed E-state index contributed by atoms with van der Waals surface area (Å²) in [4.78, 5) is 14.5. The molecule has 0 aliphatic carbocycles. The van der Waals surface area contributed by atoms with Gasteiger partial charge in [-0.3, -0.25) is 0 Å². The van der Waals surface area contributed by atoms with Crippen LogP contribution in [0.3, 0.4) is 0 Å². The van der Waals surface area contributed by atoms with Crippen molar-refractivity contribution >= 4 is 22.9 Å². The van der Waals surface area contributed by atoms with E-state index in [1.807, 2.05) is 18.2 Å². The van der Waals surface area contributed by atoms with Gasteiger partial charge in [-0.25, -0.2) is 4.79 Å². The molecule has 0 fully saturated rings. The second-order valence-corrected chi connectivity index (χ2v) is 2.83. The van der Waals surface area contributed by atoms with Crippen molar-refractivity contribution in [2.45, 2.75) is 6.92 Å². The molecule has 1 aromatic rings. The van der Waals surface area contributed by atoms with Crippen LogP contribution in [0.1, 0.15) is 12.5 Å². The third kappa shape index (κ3) is 3.18. The summed E-state index contributed by atoms with van der Waals surface area (Å²) in [5.74, 6) is 0. The summed E-state index contributed by atoms with van der Waals surface area (Å²) in [6, 6.07) is 9.03. The molecule has 0 N–H and O–H groups in total. The Balaban J connectivity index is 2.75. The standard InChI is InChI=1S/C10H10ClNO2/c1-2-14-10(13)12-9(11)8-6-4-3-5-7-8/h3-7H,2H2,1H3/b12-9-. The molecule has 4 heteroatoms. The van der Waals surface area contributed by atoms with Crippen LogP contribution in [0.15, 0.2) is 35.3 Å². The Morgan fingerprint density at radius 3 is 2.64 bits per heavy atom. The molecule has 0 saturated heterocycles. The SMILES string of the molecule is CCOC(=O)/N=C(\Cl)c1ccccc1. The smallest absolute Gasteiger partial charge is 0.435 e. The van der Waals surface area contributed by atoms with Crippen molar-refractivity contribution in [1.82, 2.24) is 0 Å². The number of rotatable bonds is 2. The van der Waals surface area contributed by atoms with Crippen molar-refractivity contribution in [3.63, 3.8) is 0 Å². The van der Waals surface area contributed by atoms with Gasteiger partial charge in [0.25, 0.3) is 0 Å². The minimum atomic E-state index is -0.665. The molecule has 1 amide bonds. The number of hydrogen-bond donors (Lipinski definition) is 0. The van der Waals surface area contributed by atoms with E-state index in [9.17, 15) is 4.79 Å². The first-order valence-electron chi connectivity index (χ1n) is 4.20. The van der Waals surface area contributed by atoms with Gasteiger partial charge in [-0.1, -0.05) is 41.9 Å². The molecule has 1 rings (SSSR count). The number of hydrogen-bond acceptors (Lipinski definition) is 2. The van der Waals surface area contributed by atoms with Crippen molar-refractivity contribution in [2.75, 3.05) is 6.61 Å². The molecule has 0 heterocycles. The summed E-state index contributed by atoms with van der Waals surface area (Å²) < 4.78 is 4.62. The summed E-state index contributed by atoms with van der Waals surface area (Å²) in [5.41, 5.74) is 0.696. The highest BCUT2D eigenvalue weighted by Gasteiger charge is 2.03. The van der Waals surface area contributed by atoms with Crippen LogP contribution in [0.25, 0.3) is 0 Å². The number of nitrogens with zero attached hydrogens (tertiary/aromatic N) is 1. The van der Waals surface area contributed by atoms with E-state index in [4.69, 9.17) is 11.6 Å². The van der Waals surface area contributed by atoms with Crippen LogP contribution in [0, 0.1) is 0 Å². The van der Waals surface area contributed by atoms with Crippen molar-refractivity contribution in [2.24, 2.45) is 4.99 Å². The van der Waals surface area contributed by atoms with Crippen LogP contribution in [-0.2, 0) is 4.74 Å². The van der Waals surface area contributed by atoms with E-state index in [1.54, 1.807) is 19.1 Å². The largest absolute Gasteiger partial charge is 0.448 e. The number of aliphatic imine (C=N–C) groups is 1. The Bertz CT molecular complexity index is 335. The number of carbonyl (C=O) groups excluding carboxylic acids is 1. The molecule has 0 saturated carbocycles. The Labute approximate surface area is 87.4 Å². The van der Waals surface area contributed by atoms with Crippen molar-refractivity contribution < 1.29 is 9.53 Å². The first kappa shape index (κ1) is 10.7. The summed E-state index contributed by atoms with van der Waals surface area (Å²) >= 11 is 5.79. The molecule has 0 aliphatic rings. The lowest BCUT2D eigenvalue weighted by molar-refractivity contribution is 0.163. The predicted molar refractivity (Wildman–Crippen MR) is 55.9 cm³/mol. The summed E-state index contributed by atoms with van der Waals surface area (Å²) in [6.45, 7) is 2.01. The third-order valence-corrected chi connectivity index (χ3v) is 1.77. The van der Waals surface area contributed by atoms with Gasteiger partial charge < -0.3 is 4.74 Å². The fourth-order valence-electron chi connectivity index (χ4n) is 0.876. The van der Waals surface area contributed by atoms with Crippen molar-refractivity contribution in [3.8, 4) is 0 Å². The molecule has 0 spiro atoms. The minimum absolute atomic E-state index is 0.143. The van der Waals surface area contributed by atoms with Crippen LogP contribution in [0.2, 0.25) is 0 Å². The van der Waals surface area contributed by atoms with E-state index in [0.29, 0.717) is 12.2 Å². The molecule has 0 bridgehead atoms. The van der Waals surface area contributed by atoms with Gasteiger partial charge in [0.2, 0.25) is 0 Å². The third-order valence-electron chi connectivity index (χ3n) is 1.47.